The number of amides is 1. The number of rotatable bonds is 2. The average Bonchev–Trinajstić information content (AvgIpc) is 2.84. The fraction of sp³-hybridized carbons (Fsp3) is 0.941. The summed E-state index contributed by atoms with van der Waals surface area (Å²) in [6, 6.07) is 0.549. The predicted molar refractivity (Wildman–Crippen MR) is 86.4 cm³/mol. The van der Waals surface area contributed by atoms with Crippen LogP contribution in [-0.4, -0.2) is 37.0 Å². The van der Waals surface area contributed by atoms with Crippen molar-refractivity contribution in [3.8, 4) is 0 Å². The van der Waals surface area contributed by atoms with Crippen molar-refractivity contribution >= 4 is 18.3 Å². The van der Waals surface area contributed by atoms with Crippen LogP contribution in [0.5, 0.6) is 0 Å². The second-order valence-electron chi connectivity index (χ2n) is 8.32. The van der Waals surface area contributed by atoms with Gasteiger partial charge in [0.2, 0.25) is 5.91 Å². The average molecular weight is 313 g/mol. The maximum atomic E-state index is 13.0. The van der Waals surface area contributed by atoms with E-state index in [-0.39, 0.29) is 17.8 Å². The van der Waals surface area contributed by atoms with E-state index in [9.17, 15) is 4.79 Å². The van der Waals surface area contributed by atoms with Gasteiger partial charge in [0.15, 0.2) is 0 Å². The Bertz CT molecular complexity index is 391. The first-order valence-electron chi connectivity index (χ1n) is 8.55. The molecule has 3 nitrogen and oxygen atoms in total. The van der Waals surface area contributed by atoms with Gasteiger partial charge in [-0.25, -0.2) is 0 Å². The maximum absolute atomic E-state index is 13.0. The van der Waals surface area contributed by atoms with E-state index in [4.69, 9.17) is 0 Å². The van der Waals surface area contributed by atoms with E-state index < -0.39 is 0 Å². The number of nitrogens with zero attached hydrogens (tertiary/aromatic N) is 1. The number of hydrogen-bond donors (Lipinski definition) is 1. The SMILES string of the molecule is CN(C(=O)C1(C)CCNC1)C1C2CC3CC(C2)CC1C3.Cl. The summed E-state index contributed by atoms with van der Waals surface area (Å²) in [4.78, 5) is 15.2. The van der Waals surface area contributed by atoms with Gasteiger partial charge >= 0.3 is 0 Å². The van der Waals surface area contributed by atoms with E-state index >= 15 is 0 Å². The molecule has 1 aliphatic heterocycles. The Labute approximate surface area is 134 Å². The van der Waals surface area contributed by atoms with Crippen molar-refractivity contribution in [2.24, 2.45) is 29.1 Å². The molecule has 1 N–H and O–H groups in total. The van der Waals surface area contributed by atoms with E-state index in [1.165, 1.54) is 32.1 Å². The lowest BCUT2D eigenvalue weighted by atomic mass is 9.54. The van der Waals surface area contributed by atoms with Crippen molar-refractivity contribution in [2.45, 2.75) is 51.5 Å². The zero-order valence-corrected chi connectivity index (χ0v) is 14.1. The van der Waals surface area contributed by atoms with Crippen LogP contribution in [0.3, 0.4) is 0 Å². The molecule has 4 aliphatic carbocycles. The highest BCUT2D eigenvalue weighted by molar-refractivity contribution is 5.85. The molecule has 1 amide bonds. The van der Waals surface area contributed by atoms with Crippen molar-refractivity contribution in [2.75, 3.05) is 20.1 Å². The standard InChI is InChI=1S/C17H28N2O.ClH/c1-17(3-4-18-10-17)16(20)19(2)15-13-6-11-5-12(8-13)9-14(15)7-11;/h11-15,18H,3-10H2,1-2H3;1H. The fourth-order valence-corrected chi connectivity index (χ4v) is 6.09. The number of halogens is 1. The lowest BCUT2D eigenvalue weighted by Gasteiger charge is -2.57. The summed E-state index contributed by atoms with van der Waals surface area (Å²) in [6.07, 6.45) is 8.06. The van der Waals surface area contributed by atoms with Gasteiger partial charge in [-0.2, -0.15) is 0 Å². The summed E-state index contributed by atoms with van der Waals surface area (Å²) in [7, 11) is 2.10. The van der Waals surface area contributed by atoms with Crippen LogP contribution in [0.4, 0.5) is 0 Å². The van der Waals surface area contributed by atoms with Gasteiger partial charge in [0.25, 0.3) is 0 Å². The zero-order chi connectivity index (χ0) is 13.9. The van der Waals surface area contributed by atoms with Crippen LogP contribution in [0.15, 0.2) is 0 Å². The minimum Gasteiger partial charge on any atom is -0.342 e. The Balaban J connectivity index is 0.00000132. The summed E-state index contributed by atoms with van der Waals surface area (Å²) in [5.41, 5.74) is -0.149. The Kier molecular flexibility index (Phi) is 4.03. The van der Waals surface area contributed by atoms with Crippen LogP contribution >= 0.6 is 12.4 Å². The molecule has 1 heterocycles. The Morgan fingerprint density at radius 1 is 1.10 bits per heavy atom. The summed E-state index contributed by atoms with van der Waals surface area (Å²) in [5, 5.41) is 3.37. The van der Waals surface area contributed by atoms with Gasteiger partial charge in [0.1, 0.15) is 0 Å². The third-order valence-corrected chi connectivity index (χ3v) is 6.83. The summed E-state index contributed by atoms with van der Waals surface area (Å²) in [6.45, 7) is 4.02. The monoisotopic (exact) mass is 312 g/mol. The molecule has 21 heavy (non-hydrogen) atoms. The normalized spacial score (nSPS) is 47.2. The Hall–Kier alpha value is -0.280. The maximum Gasteiger partial charge on any atom is 0.229 e. The van der Waals surface area contributed by atoms with Crippen LogP contribution in [-0.2, 0) is 4.79 Å². The largest absolute Gasteiger partial charge is 0.342 e. The molecule has 5 rings (SSSR count). The third kappa shape index (κ3) is 2.41. The molecule has 1 unspecified atom stereocenters. The van der Waals surface area contributed by atoms with Crippen molar-refractivity contribution in [1.82, 2.24) is 10.2 Å². The van der Waals surface area contributed by atoms with Crippen LogP contribution in [0, 0.1) is 29.1 Å². The molecule has 4 heteroatoms. The van der Waals surface area contributed by atoms with Crippen LogP contribution in [0.25, 0.3) is 0 Å². The summed E-state index contributed by atoms with van der Waals surface area (Å²) < 4.78 is 0. The van der Waals surface area contributed by atoms with E-state index in [0.717, 1.165) is 43.2 Å². The van der Waals surface area contributed by atoms with E-state index in [1.54, 1.807) is 0 Å². The van der Waals surface area contributed by atoms with E-state index in [0.29, 0.717) is 11.9 Å². The highest BCUT2D eigenvalue weighted by atomic mass is 35.5. The lowest BCUT2D eigenvalue weighted by Crippen LogP contribution is -2.58. The van der Waals surface area contributed by atoms with Gasteiger partial charge in [-0.15, -0.1) is 12.4 Å². The quantitative estimate of drug-likeness (QED) is 0.850. The number of nitrogens with one attached hydrogen (secondary N) is 1. The molecule has 120 valence electrons. The van der Waals surface area contributed by atoms with Crippen molar-refractivity contribution in [1.29, 1.82) is 0 Å². The summed E-state index contributed by atoms with van der Waals surface area (Å²) >= 11 is 0. The molecule has 0 radical (unpaired) electrons. The number of hydrogen-bond acceptors (Lipinski definition) is 2. The molecule has 1 atom stereocenters. The topological polar surface area (TPSA) is 32.3 Å². The second-order valence-corrected chi connectivity index (χ2v) is 8.32. The van der Waals surface area contributed by atoms with Crippen LogP contribution in [0.1, 0.15) is 45.4 Å². The fourth-order valence-electron chi connectivity index (χ4n) is 6.09. The van der Waals surface area contributed by atoms with Gasteiger partial charge < -0.3 is 10.2 Å². The van der Waals surface area contributed by atoms with Gasteiger partial charge in [-0.3, -0.25) is 4.79 Å². The molecule has 5 fully saturated rings. The van der Waals surface area contributed by atoms with Gasteiger partial charge in [-0.1, -0.05) is 0 Å². The number of carbonyl (C=O) groups is 1. The lowest BCUT2D eigenvalue weighted by molar-refractivity contribution is -0.150. The zero-order valence-electron chi connectivity index (χ0n) is 13.3. The van der Waals surface area contributed by atoms with Crippen molar-refractivity contribution in [3.05, 3.63) is 0 Å². The predicted octanol–water partition coefficient (Wildman–Crippen LogP) is 2.69. The first-order valence-corrected chi connectivity index (χ1v) is 8.55. The van der Waals surface area contributed by atoms with Gasteiger partial charge in [0.05, 0.1) is 5.41 Å². The van der Waals surface area contributed by atoms with E-state index in [1.807, 2.05) is 0 Å². The highest BCUT2D eigenvalue weighted by Gasteiger charge is 2.52. The molecule has 0 aromatic carbocycles. The second kappa shape index (κ2) is 5.42. The Morgan fingerprint density at radius 3 is 2.14 bits per heavy atom. The minimum absolute atomic E-state index is 0. The number of carbonyl (C=O) groups excluding carboxylic acids is 1. The van der Waals surface area contributed by atoms with Crippen LogP contribution < -0.4 is 5.32 Å². The van der Waals surface area contributed by atoms with Gasteiger partial charge in [-0.05, 0) is 75.7 Å². The molecular weight excluding hydrogens is 284 g/mol. The first-order chi connectivity index (χ1) is 9.57. The Morgan fingerprint density at radius 2 is 1.67 bits per heavy atom. The molecule has 4 saturated carbocycles. The molecular formula is C17H29ClN2O. The van der Waals surface area contributed by atoms with Crippen molar-refractivity contribution in [3.63, 3.8) is 0 Å². The van der Waals surface area contributed by atoms with E-state index in [2.05, 4.69) is 24.2 Å². The summed E-state index contributed by atoms with van der Waals surface area (Å²) in [5.74, 6) is 3.98. The minimum atomic E-state index is -0.149. The van der Waals surface area contributed by atoms with Crippen molar-refractivity contribution < 1.29 is 4.79 Å². The molecule has 4 bridgehead atoms. The van der Waals surface area contributed by atoms with Gasteiger partial charge in [0, 0.05) is 19.6 Å². The molecule has 0 spiro atoms. The van der Waals surface area contributed by atoms with Crippen LogP contribution in [0.2, 0.25) is 0 Å². The highest BCUT2D eigenvalue weighted by Crippen LogP contribution is 2.55. The molecule has 5 aliphatic rings. The molecule has 1 saturated heterocycles. The smallest absolute Gasteiger partial charge is 0.229 e. The third-order valence-electron chi connectivity index (χ3n) is 6.83. The molecule has 0 aromatic heterocycles. The molecule has 0 aromatic rings. The first kappa shape index (κ1) is 15.6.